The Morgan fingerprint density at radius 1 is 1.35 bits per heavy atom. The van der Waals surface area contributed by atoms with E-state index in [1.165, 1.54) is 25.3 Å². The Balaban J connectivity index is 1.58. The Morgan fingerprint density at radius 2 is 2.08 bits per heavy atom. The van der Waals surface area contributed by atoms with Crippen LogP contribution in [0.3, 0.4) is 0 Å². The zero-order valence-corrected chi connectivity index (χ0v) is 14.5. The van der Waals surface area contributed by atoms with E-state index in [9.17, 15) is 19.7 Å². The number of piperidine rings is 1. The minimum atomic E-state index is -0.575. The van der Waals surface area contributed by atoms with Gasteiger partial charge in [-0.3, -0.25) is 24.6 Å². The van der Waals surface area contributed by atoms with Crippen LogP contribution < -0.4 is 10.1 Å². The third-order valence-corrected chi connectivity index (χ3v) is 4.85. The number of benzene rings is 1. The maximum Gasteiger partial charge on any atom is 0.323 e. The molecule has 0 saturated carbocycles. The van der Waals surface area contributed by atoms with Gasteiger partial charge in [-0.2, -0.15) is 0 Å². The molecule has 3 rings (SSSR count). The summed E-state index contributed by atoms with van der Waals surface area (Å²) in [5, 5.41) is 14.0. The summed E-state index contributed by atoms with van der Waals surface area (Å²) in [7, 11) is 1.34. The van der Waals surface area contributed by atoms with Gasteiger partial charge >= 0.3 is 11.7 Å². The highest BCUT2D eigenvalue weighted by molar-refractivity contribution is 5.95. The summed E-state index contributed by atoms with van der Waals surface area (Å²) in [4.78, 5) is 36.7. The number of esters is 1. The molecule has 0 unspecified atom stereocenters. The lowest BCUT2D eigenvalue weighted by atomic mass is 10.0. The number of nitro benzene ring substituents is 1. The van der Waals surface area contributed by atoms with Crippen molar-refractivity contribution in [3.05, 3.63) is 33.9 Å². The number of cyclic esters (lactones) is 1. The number of hydrogen-bond donors (Lipinski definition) is 1. The molecule has 2 fully saturated rings. The number of likely N-dealkylation sites (tertiary alicyclic amines) is 1. The van der Waals surface area contributed by atoms with Gasteiger partial charge in [0, 0.05) is 37.2 Å². The average molecular weight is 363 g/mol. The first-order valence-electron chi connectivity index (χ1n) is 8.53. The first-order chi connectivity index (χ1) is 12.5. The standard InChI is InChI=1S/C17H21N3O6/c1-25-15-3-2-11(10-14(15)20(23)24)16(21)18-12-4-7-19(8-5-12)13-6-9-26-17(13)22/h2-3,10,12-13H,4-9H2,1H3,(H,18,21)/t13-/m0/s1. The van der Waals surface area contributed by atoms with E-state index in [1.807, 2.05) is 0 Å². The van der Waals surface area contributed by atoms with Crippen LogP contribution in [0, 0.1) is 10.1 Å². The van der Waals surface area contributed by atoms with Crippen molar-refractivity contribution in [2.24, 2.45) is 0 Å². The topological polar surface area (TPSA) is 111 Å². The monoisotopic (exact) mass is 363 g/mol. The van der Waals surface area contributed by atoms with Crippen LogP contribution in [-0.2, 0) is 9.53 Å². The Bertz CT molecular complexity index is 714. The highest BCUT2D eigenvalue weighted by Crippen LogP contribution is 2.27. The fourth-order valence-corrected chi connectivity index (χ4v) is 3.41. The average Bonchev–Trinajstić information content (AvgIpc) is 3.07. The van der Waals surface area contributed by atoms with Crippen molar-refractivity contribution in [2.45, 2.75) is 31.3 Å². The molecule has 2 saturated heterocycles. The van der Waals surface area contributed by atoms with Crippen LogP contribution in [0.1, 0.15) is 29.6 Å². The number of methoxy groups -OCH3 is 1. The van der Waals surface area contributed by atoms with Gasteiger partial charge in [0.1, 0.15) is 6.04 Å². The molecule has 1 aromatic rings. The van der Waals surface area contributed by atoms with Gasteiger partial charge in [-0.05, 0) is 25.0 Å². The molecule has 2 aliphatic rings. The van der Waals surface area contributed by atoms with Crippen molar-refractivity contribution in [3.8, 4) is 5.75 Å². The van der Waals surface area contributed by atoms with Crippen LogP contribution in [-0.4, -0.2) is 60.6 Å². The molecule has 0 aliphatic carbocycles. The first-order valence-corrected chi connectivity index (χ1v) is 8.53. The van der Waals surface area contributed by atoms with E-state index in [4.69, 9.17) is 9.47 Å². The zero-order valence-electron chi connectivity index (χ0n) is 14.5. The van der Waals surface area contributed by atoms with E-state index in [0.717, 1.165) is 0 Å². The molecule has 9 nitrogen and oxygen atoms in total. The lowest BCUT2D eigenvalue weighted by Gasteiger charge is -2.34. The van der Waals surface area contributed by atoms with Crippen molar-refractivity contribution in [1.82, 2.24) is 10.2 Å². The lowest BCUT2D eigenvalue weighted by Crippen LogP contribution is -2.49. The number of nitrogens with one attached hydrogen (secondary N) is 1. The Labute approximate surface area is 150 Å². The van der Waals surface area contributed by atoms with Crippen LogP contribution in [0.4, 0.5) is 5.69 Å². The van der Waals surface area contributed by atoms with Crippen LogP contribution in [0.2, 0.25) is 0 Å². The van der Waals surface area contributed by atoms with E-state index >= 15 is 0 Å². The Morgan fingerprint density at radius 3 is 2.65 bits per heavy atom. The minimum Gasteiger partial charge on any atom is -0.490 e. The van der Waals surface area contributed by atoms with Crippen LogP contribution >= 0.6 is 0 Å². The van der Waals surface area contributed by atoms with Gasteiger partial charge in [-0.1, -0.05) is 0 Å². The second-order valence-electron chi connectivity index (χ2n) is 6.40. The fraction of sp³-hybridized carbons (Fsp3) is 0.529. The Hall–Kier alpha value is -2.68. The van der Waals surface area contributed by atoms with Crippen molar-refractivity contribution in [2.75, 3.05) is 26.8 Å². The number of nitro groups is 1. The van der Waals surface area contributed by atoms with Gasteiger partial charge in [0.25, 0.3) is 5.91 Å². The maximum absolute atomic E-state index is 12.4. The number of hydrogen-bond acceptors (Lipinski definition) is 7. The molecule has 2 heterocycles. The number of ether oxygens (including phenoxy) is 2. The third kappa shape index (κ3) is 3.77. The molecule has 1 amide bonds. The van der Waals surface area contributed by atoms with Crippen molar-refractivity contribution in [1.29, 1.82) is 0 Å². The van der Waals surface area contributed by atoms with Gasteiger partial charge in [0.05, 0.1) is 18.6 Å². The predicted octanol–water partition coefficient (Wildman–Crippen LogP) is 1.11. The van der Waals surface area contributed by atoms with Crippen molar-refractivity contribution >= 4 is 17.6 Å². The second-order valence-corrected chi connectivity index (χ2v) is 6.40. The molecule has 0 bridgehead atoms. The van der Waals surface area contributed by atoms with E-state index < -0.39 is 4.92 Å². The summed E-state index contributed by atoms with van der Waals surface area (Å²) < 4.78 is 9.95. The molecule has 0 spiro atoms. The van der Waals surface area contributed by atoms with Gasteiger partial charge < -0.3 is 14.8 Å². The highest BCUT2D eigenvalue weighted by atomic mass is 16.6. The third-order valence-electron chi connectivity index (χ3n) is 4.85. The largest absolute Gasteiger partial charge is 0.490 e. The number of carbonyl (C=O) groups excluding carboxylic acids is 2. The molecule has 26 heavy (non-hydrogen) atoms. The predicted molar refractivity (Wildman–Crippen MR) is 91.1 cm³/mol. The maximum atomic E-state index is 12.4. The molecule has 0 radical (unpaired) electrons. The van der Waals surface area contributed by atoms with Crippen LogP contribution in [0.5, 0.6) is 5.75 Å². The summed E-state index contributed by atoms with van der Waals surface area (Å²) >= 11 is 0. The van der Waals surface area contributed by atoms with Crippen molar-refractivity contribution < 1.29 is 24.0 Å². The van der Waals surface area contributed by atoms with E-state index in [1.54, 1.807) is 0 Å². The van der Waals surface area contributed by atoms with Gasteiger partial charge in [0.15, 0.2) is 5.75 Å². The van der Waals surface area contributed by atoms with E-state index in [2.05, 4.69) is 10.2 Å². The molecule has 9 heteroatoms. The lowest BCUT2D eigenvalue weighted by molar-refractivity contribution is -0.385. The van der Waals surface area contributed by atoms with Crippen LogP contribution in [0.15, 0.2) is 18.2 Å². The minimum absolute atomic E-state index is 0.0302. The summed E-state index contributed by atoms with van der Waals surface area (Å²) in [6.45, 7) is 1.87. The normalized spacial score (nSPS) is 21.3. The molecule has 0 aromatic heterocycles. The summed E-state index contributed by atoms with van der Waals surface area (Å²) in [5.74, 6) is -0.407. The fourth-order valence-electron chi connectivity index (χ4n) is 3.41. The molecular formula is C17H21N3O6. The summed E-state index contributed by atoms with van der Waals surface area (Å²) in [6, 6.07) is 3.94. The zero-order chi connectivity index (χ0) is 18.7. The Kier molecular flexibility index (Phi) is 5.36. The molecule has 1 atom stereocenters. The number of nitrogens with zero attached hydrogens (tertiary/aromatic N) is 2. The second kappa shape index (κ2) is 7.69. The molecule has 2 aliphatic heterocycles. The molecular weight excluding hydrogens is 342 g/mol. The van der Waals surface area contributed by atoms with Crippen molar-refractivity contribution in [3.63, 3.8) is 0 Å². The molecule has 1 N–H and O–H groups in total. The van der Waals surface area contributed by atoms with Gasteiger partial charge in [-0.15, -0.1) is 0 Å². The quantitative estimate of drug-likeness (QED) is 0.474. The summed E-state index contributed by atoms with van der Waals surface area (Å²) in [6.07, 6.45) is 2.15. The summed E-state index contributed by atoms with van der Waals surface area (Å²) in [5.41, 5.74) is -0.0194. The number of rotatable bonds is 5. The number of carbonyl (C=O) groups is 2. The highest BCUT2D eigenvalue weighted by Gasteiger charge is 2.34. The molecule has 140 valence electrons. The van der Waals surface area contributed by atoms with Gasteiger partial charge in [-0.25, -0.2) is 0 Å². The SMILES string of the molecule is COc1ccc(C(=O)NC2CCN([C@H]3CCOC3=O)CC2)cc1[N+](=O)[O-]. The van der Waals surface area contributed by atoms with Gasteiger partial charge in [0.2, 0.25) is 0 Å². The van der Waals surface area contributed by atoms with Crippen LogP contribution in [0.25, 0.3) is 0 Å². The first kappa shape index (κ1) is 18.1. The molecule has 1 aromatic carbocycles. The number of amides is 1. The van der Waals surface area contributed by atoms with E-state index in [-0.39, 0.29) is 41.0 Å². The van der Waals surface area contributed by atoms with E-state index in [0.29, 0.717) is 39.0 Å². The smallest absolute Gasteiger partial charge is 0.323 e.